The van der Waals surface area contributed by atoms with Gasteiger partial charge in [0.25, 0.3) is 11.8 Å². The number of nitriles is 1. The number of unbranched alkanes of at least 4 members (excludes halogenated alkanes) is 3. The van der Waals surface area contributed by atoms with Crippen LogP contribution in [0.1, 0.15) is 65.4 Å². The van der Waals surface area contributed by atoms with Crippen LogP contribution in [0.15, 0.2) is 34.9 Å². The Morgan fingerprint density at radius 3 is 2.42 bits per heavy atom. The summed E-state index contributed by atoms with van der Waals surface area (Å²) >= 11 is 0. The first-order chi connectivity index (χ1) is 15.0. The summed E-state index contributed by atoms with van der Waals surface area (Å²) in [6, 6.07) is 7.46. The van der Waals surface area contributed by atoms with Crippen molar-refractivity contribution in [3.63, 3.8) is 0 Å². The molecule has 1 heterocycles. The number of hydrogen-bond acceptors (Lipinski definition) is 5. The van der Waals surface area contributed by atoms with Gasteiger partial charge in [-0.15, -0.1) is 0 Å². The van der Waals surface area contributed by atoms with Crippen molar-refractivity contribution in [1.29, 1.82) is 5.26 Å². The van der Waals surface area contributed by atoms with E-state index in [0.717, 1.165) is 37.7 Å². The van der Waals surface area contributed by atoms with Gasteiger partial charge in [0.1, 0.15) is 11.6 Å². The minimum atomic E-state index is -0.503. The maximum absolute atomic E-state index is 13.1. The van der Waals surface area contributed by atoms with E-state index in [1.165, 1.54) is 4.90 Å². The van der Waals surface area contributed by atoms with Gasteiger partial charge in [0.2, 0.25) is 0 Å². The van der Waals surface area contributed by atoms with Gasteiger partial charge < -0.3 is 9.47 Å². The molecule has 0 saturated heterocycles. The molecular formula is C25H32N2O4. The van der Waals surface area contributed by atoms with Crippen molar-refractivity contribution in [3.8, 4) is 17.6 Å². The van der Waals surface area contributed by atoms with Crippen molar-refractivity contribution >= 4 is 17.9 Å². The molecule has 0 radical (unpaired) electrons. The van der Waals surface area contributed by atoms with Crippen molar-refractivity contribution in [1.82, 2.24) is 4.90 Å². The first-order valence-corrected chi connectivity index (χ1v) is 11.1. The highest BCUT2D eigenvalue weighted by molar-refractivity contribution is 6.19. The largest absolute Gasteiger partial charge is 0.490 e. The molecular weight excluding hydrogens is 392 g/mol. The average molecular weight is 425 g/mol. The van der Waals surface area contributed by atoms with Crippen LogP contribution in [-0.4, -0.2) is 36.5 Å². The predicted octanol–water partition coefficient (Wildman–Crippen LogP) is 5.05. The lowest BCUT2D eigenvalue weighted by atomic mass is 9.93. The van der Waals surface area contributed by atoms with E-state index in [-0.39, 0.29) is 11.5 Å². The van der Waals surface area contributed by atoms with Gasteiger partial charge in [0, 0.05) is 12.1 Å². The second-order valence-electron chi connectivity index (χ2n) is 7.48. The van der Waals surface area contributed by atoms with Crippen LogP contribution in [0.2, 0.25) is 0 Å². The van der Waals surface area contributed by atoms with Gasteiger partial charge in [0.15, 0.2) is 11.5 Å². The summed E-state index contributed by atoms with van der Waals surface area (Å²) in [7, 11) is 0. The van der Waals surface area contributed by atoms with Crippen LogP contribution in [0.5, 0.6) is 11.5 Å². The van der Waals surface area contributed by atoms with Gasteiger partial charge in [0.05, 0.1) is 13.2 Å². The van der Waals surface area contributed by atoms with Crippen LogP contribution in [0, 0.1) is 11.3 Å². The third-order valence-electron chi connectivity index (χ3n) is 5.10. The summed E-state index contributed by atoms with van der Waals surface area (Å²) < 4.78 is 11.4. The van der Waals surface area contributed by atoms with Gasteiger partial charge in [-0.25, -0.2) is 0 Å². The Morgan fingerprint density at radius 2 is 1.77 bits per heavy atom. The Bertz CT molecular complexity index is 909. The lowest BCUT2D eigenvalue weighted by molar-refractivity contribution is -0.140. The number of carbonyl (C=O) groups is 2. The minimum absolute atomic E-state index is 0.0225. The van der Waals surface area contributed by atoms with Crippen LogP contribution in [-0.2, 0) is 9.59 Å². The molecule has 31 heavy (non-hydrogen) atoms. The number of imide groups is 1. The Kier molecular flexibility index (Phi) is 9.33. The summed E-state index contributed by atoms with van der Waals surface area (Å²) in [5, 5.41) is 9.53. The molecule has 6 nitrogen and oxygen atoms in total. The Hall–Kier alpha value is -3.07. The van der Waals surface area contributed by atoms with E-state index >= 15 is 0 Å². The fraction of sp³-hybridized carbons (Fsp3) is 0.480. The van der Waals surface area contributed by atoms with Crippen molar-refractivity contribution in [2.45, 2.75) is 59.8 Å². The monoisotopic (exact) mass is 424 g/mol. The molecule has 1 aliphatic heterocycles. The molecule has 0 aliphatic carbocycles. The molecule has 0 fully saturated rings. The van der Waals surface area contributed by atoms with Gasteiger partial charge in [-0.05, 0) is 56.0 Å². The second-order valence-corrected chi connectivity index (χ2v) is 7.48. The lowest BCUT2D eigenvalue weighted by Crippen LogP contribution is -2.43. The second kappa shape index (κ2) is 11.9. The maximum atomic E-state index is 13.1. The zero-order valence-electron chi connectivity index (χ0n) is 19.0. The standard InChI is InChI=1S/C25H32N2O4/c1-5-8-9-10-13-27-24(28)20(18(4)21(17-26)25(27)29)15-19-11-12-22(31-14-6-2)23(16-19)30-7-3/h11-12,15-16H,5-10,13-14H2,1-4H3/b20-15+. The fourth-order valence-corrected chi connectivity index (χ4v) is 3.41. The molecule has 6 heteroatoms. The fourth-order valence-electron chi connectivity index (χ4n) is 3.41. The van der Waals surface area contributed by atoms with Gasteiger partial charge in [-0.3, -0.25) is 14.5 Å². The van der Waals surface area contributed by atoms with Gasteiger partial charge in [-0.1, -0.05) is 39.2 Å². The topological polar surface area (TPSA) is 79.6 Å². The van der Waals surface area contributed by atoms with E-state index in [2.05, 4.69) is 6.92 Å². The molecule has 0 unspecified atom stereocenters. The normalized spacial score (nSPS) is 15.5. The van der Waals surface area contributed by atoms with Crippen LogP contribution in [0.25, 0.3) is 6.08 Å². The minimum Gasteiger partial charge on any atom is -0.490 e. The summed E-state index contributed by atoms with van der Waals surface area (Å²) in [6.07, 6.45) is 6.38. The number of rotatable bonds is 11. The molecule has 2 rings (SSSR count). The zero-order chi connectivity index (χ0) is 22.8. The molecule has 1 aliphatic rings. The Labute approximate surface area is 185 Å². The number of ether oxygens (including phenoxy) is 2. The van der Waals surface area contributed by atoms with Crippen molar-refractivity contribution in [3.05, 3.63) is 40.5 Å². The molecule has 0 spiro atoms. The third kappa shape index (κ3) is 5.97. The summed E-state index contributed by atoms with van der Waals surface area (Å²) in [6.45, 7) is 9.07. The number of amides is 2. The molecule has 1 aromatic carbocycles. The summed E-state index contributed by atoms with van der Waals surface area (Å²) in [4.78, 5) is 27.0. The first kappa shape index (κ1) is 24.2. The number of nitrogens with zero attached hydrogens (tertiary/aromatic N) is 2. The van der Waals surface area contributed by atoms with Crippen molar-refractivity contribution in [2.75, 3.05) is 19.8 Å². The molecule has 0 saturated carbocycles. The van der Waals surface area contributed by atoms with Crippen molar-refractivity contribution < 1.29 is 19.1 Å². The molecule has 0 bridgehead atoms. The smallest absolute Gasteiger partial charge is 0.271 e. The van der Waals surface area contributed by atoms with Crippen LogP contribution in [0.3, 0.4) is 0 Å². The number of carbonyl (C=O) groups excluding carboxylic acids is 2. The Morgan fingerprint density at radius 1 is 1.00 bits per heavy atom. The molecule has 0 N–H and O–H groups in total. The first-order valence-electron chi connectivity index (χ1n) is 11.1. The maximum Gasteiger partial charge on any atom is 0.271 e. The SMILES string of the molecule is CCCCCCN1C(=O)C(C#N)=C(C)/C(=C\c2ccc(OCCC)c(OCC)c2)C1=O. The number of benzene rings is 1. The molecule has 1 aromatic rings. The third-order valence-corrected chi connectivity index (χ3v) is 5.10. The van der Waals surface area contributed by atoms with E-state index in [1.54, 1.807) is 13.0 Å². The average Bonchev–Trinajstić information content (AvgIpc) is 2.76. The molecule has 166 valence electrons. The predicted molar refractivity (Wildman–Crippen MR) is 121 cm³/mol. The van der Waals surface area contributed by atoms with E-state index in [4.69, 9.17) is 9.47 Å². The van der Waals surface area contributed by atoms with Crippen LogP contribution >= 0.6 is 0 Å². The summed E-state index contributed by atoms with van der Waals surface area (Å²) in [5.41, 5.74) is 1.53. The molecule has 0 aromatic heterocycles. The zero-order valence-corrected chi connectivity index (χ0v) is 19.0. The highest BCUT2D eigenvalue weighted by Crippen LogP contribution is 2.32. The van der Waals surface area contributed by atoms with Crippen LogP contribution < -0.4 is 9.47 Å². The van der Waals surface area contributed by atoms with E-state index < -0.39 is 5.91 Å². The van der Waals surface area contributed by atoms with E-state index in [1.807, 2.05) is 38.1 Å². The van der Waals surface area contributed by atoms with E-state index in [0.29, 0.717) is 42.4 Å². The van der Waals surface area contributed by atoms with Crippen LogP contribution in [0.4, 0.5) is 0 Å². The quantitative estimate of drug-likeness (QED) is 0.282. The Balaban J connectivity index is 2.40. The van der Waals surface area contributed by atoms with Gasteiger partial charge >= 0.3 is 0 Å². The number of hydrogen-bond donors (Lipinski definition) is 0. The summed E-state index contributed by atoms with van der Waals surface area (Å²) in [5.74, 6) is 0.390. The van der Waals surface area contributed by atoms with Gasteiger partial charge in [-0.2, -0.15) is 5.26 Å². The highest BCUT2D eigenvalue weighted by Gasteiger charge is 2.35. The molecule has 2 amide bonds. The van der Waals surface area contributed by atoms with Crippen molar-refractivity contribution in [2.24, 2.45) is 0 Å². The lowest BCUT2D eigenvalue weighted by Gasteiger charge is -2.27. The molecule has 0 atom stereocenters. The highest BCUT2D eigenvalue weighted by atomic mass is 16.5. The van der Waals surface area contributed by atoms with E-state index in [9.17, 15) is 14.9 Å².